The number of hydrogen-bond acceptors (Lipinski definition) is 3. The Morgan fingerprint density at radius 1 is 1.30 bits per heavy atom. The minimum Gasteiger partial charge on any atom is -0.492 e. The molecule has 4 heteroatoms. The zero-order chi connectivity index (χ0) is 13.9. The standard InChI is InChI=1S/C16H13FO2S/c17-13-5-6-15(11(7-13)8-18)19-9-12-10-20-16-4-2-1-3-14(12)16/h1-8,12H,9-10H2. The number of benzene rings is 2. The van der Waals surface area contributed by atoms with E-state index in [0.29, 0.717) is 24.6 Å². The zero-order valence-corrected chi connectivity index (χ0v) is 11.5. The van der Waals surface area contributed by atoms with E-state index in [9.17, 15) is 9.18 Å². The molecular weight excluding hydrogens is 275 g/mol. The Kier molecular flexibility index (Phi) is 3.74. The molecule has 1 unspecified atom stereocenters. The van der Waals surface area contributed by atoms with Crippen molar-refractivity contribution >= 4 is 18.0 Å². The molecule has 2 nitrogen and oxygen atoms in total. The van der Waals surface area contributed by atoms with E-state index in [2.05, 4.69) is 12.1 Å². The third-order valence-electron chi connectivity index (χ3n) is 3.34. The Labute approximate surface area is 121 Å². The molecule has 102 valence electrons. The van der Waals surface area contributed by atoms with Crippen molar-refractivity contribution in [2.45, 2.75) is 10.8 Å². The lowest BCUT2D eigenvalue weighted by Crippen LogP contribution is -2.10. The fourth-order valence-corrected chi connectivity index (χ4v) is 3.53. The number of aldehydes is 1. The van der Waals surface area contributed by atoms with Crippen molar-refractivity contribution in [1.29, 1.82) is 0 Å². The van der Waals surface area contributed by atoms with E-state index >= 15 is 0 Å². The van der Waals surface area contributed by atoms with Crippen LogP contribution in [0.1, 0.15) is 21.8 Å². The molecule has 0 N–H and O–H groups in total. The minimum absolute atomic E-state index is 0.254. The highest BCUT2D eigenvalue weighted by Crippen LogP contribution is 2.39. The van der Waals surface area contributed by atoms with Gasteiger partial charge in [-0.05, 0) is 29.8 Å². The van der Waals surface area contributed by atoms with E-state index in [4.69, 9.17) is 4.74 Å². The number of fused-ring (bicyclic) bond motifs is 1. The quantitative estimate of drug-likeness (QED) is 0.798. The first kappa shape index (κ1) is 13.2. The lowest BCUT2D eigenvalue weighted by atomic mass is 10.0. The van der Waals surface area contributed by atoms with Gasteiger partial charge in [0.15, 0.2) is 6.29 Å². The molecule has 0 aliphatic carbocycles. The first-order chi connectivity index (χ1) is 9.78. The predicted octanol–water partition coefficient (Wildman–Crippen LogP) is 3.91. The van der Waals surface area contributed by atoms with E-state index < -0.39 is 5.82 Å². The minimum atomic E-state index is -0.429. The fourth-order valence-electron chi connectivity index (χ4n) is 2.30. The van der Waals surface area contributed by atoms with Gasteiger partial charge in [0.2, 0.25) is 0 Å². The van der Waals surface area contributed by atoms with E-state index in [0.717, 1.165) is 5.75 Å². The van der Waals surface area contributed by atoms with Gasteiger partial charge in [0.1, 0.15) is 11.6 Å². The Balaban J connectivity index is 1.74. The van der Waals surface area contributed by atoms with Gasteiger partial charge < -0.3 is 4.74 Å². The fraction of sp³-hybridized carbons (Fsp3) is 0.188. The normalized spacial score (nSPS) is 16.8. The molecule has 0 amide bonds. The third-order valence-corrected chi connectivity index (χ3v) is 4.59. The van der Waals surface area contributed by atoms with Crippen LogP contribution in [-0.2, 0) is 0 Å². The van der Waals surface area contributed by atoms with Crippen LogP contribution in [0.4, 0.5) is 4.39 Å². The number of ether oxygens (including phenoxy) is 1. The average molecular weight is 288 g/mol. The van der Waals surface area contributed by atoms with E-state index in [1.165, 1.54) is 28.7 Å². The molecule has 1 aliphatic heterocycles. The number of carbonyl (C=O) groups excluding carboxylic acids is 1. The molecule has 0 fully saturated rings. The first-order valence-corrected chi connectivity index (χ1v) is 7.36. The van der Waals surface area contributed by atoms with E-state index in [-0.39, 0.29) is 5.56 Å². The molecule has 0 radical (unpaired) electrons. The summed E-state index contributed by atoms with van der Waals surface area (Å²) in [5.41, 5.74) is 1.54. The van der Waals surface area contributed by atoms with Gasteiger partial charge in [0.05, 0.1) is 12.2 Å². The van der Waals surface area contributed by atoms with Gasteiger partial charge in [0, 0.05) is 16.6 Å². The summed E-state index contributed by atoms with van der Waals surface area (Å²) in [6.45, 7) is 0.497. The highest BCUT2D eigenvalue weighted by molar-refractivity contribution is 7.99. The molecule has 3 rings (SSSR count). The molecule has 1 heterocycles. The summed E-state index contributed by atoms with van der Waals surface area (Å²) in [7, 11) is 0. The molecule has 0 saturated carbocycles. The van der Waals surface area contributed by atoms with Crippen LogP contribution in [-0.4, -0.2) is 18.6 Å². The van der Waals surface area contributed by atoms with Crippen LogP contribution in [0.25, 0.3) is 0 Å². The number of thioether (sulfide) groups is 1. The second-order valence-electron chi connectivity index (χ2n) is 4.66. The lowest BCUT2D eigenvalue weighted by molar-refractivity contribution is 0.111. The maximum atomic E-state index is 13.1. The molecule has 0 aromatic heterocycles. The van der Waals surface area contributed by atoms with Crippen LogP contribution in [0.2, 0.25) is 0 Å². The van der Waals surface area contributed by atoms with E-state index in [1.54, 1.807) is 0 Å². The van der Waals surface area contributed by atoms with Crippen LogP contribution in [0.3, 0.4) is 0 Å². The van der Waals surface area contributed by atoms with Crippen LogP contribution < -0.4 is 4.74 Å². The second kappa shape index (κ2) is 5.67. The smallest absolute Gasteiger partial charge is 0.153 e. The second-order valence-corrected chi connectivity index (χ2v) is 5.72. The van der Waals surface area contributed by atoms with Gasteiger partial charge in [-0.2, -0.15) is 0 Å². The molecule has 0 spiro atoms. The summed E-state index contributed by atoms with van der Waals surface area (Å²) in [5.74, 6) is 1.29. The summed E-state index contributed by atoms with van der Waals surface area (Å²) in [6.07, 6.45) is 0.621. The summed E-state index contributed by atoms with van der Waals surface area (Å²) in [4.78, 5) is 12.2. The molecule has 1 aliphatic rings. The highest BCUT2D eigenvalue weighted by atomic mass is 32.2. The maximum absolute atomic E-state index is 13.1. The van der Waals surface area contributed by atoms with Crippen LogP contribution in [0.5, 0.6) is 5.75 Å². The molecule has 0 bridgehead atoms. The number of halogens is 1. The molecule has 20 heavy (non-hydrogen) atoms. The number of hydrogen-bond donors (Lipinski definition) is 0. The van der Waals surface area contributed by atoms with Crippen LogP contribution in [0.15, 0.2) is 47.4 Å². The summed E-state index contributed by atoms with van der Waals surface area (Å²) < 4.78 is 18.8. The van der Waals surface area contributed by atoms with Crippen molar-refractivity contribution in [3.05, 3.63) is 59.4 Å². The van der Waals surface area contributed by atoms with Crippen molar-refractivity contribution in [1.82, 2.24) is 0 Å². The number of rotatable bonds is 4. The first-order valence-electron chi connectivity index (χ1n) is 6.37. The van der Waals surface area contributed by atoms with Gasteiger partial charge in [-0.1, -0.05) is 18.2 Å². The summed E-state index contributed by atoms with van der Waals surface area (Å²) in [6, 6.07) is 12.3. The van der Waals surface area contributed by atoms with Gasteiger partial charge in [-0.25, -0.2) is 4.39 Å². The van der Waals surface area contributed by atoms with Gasteiger partial charge in [-0.3, -0.25) is 4.79 Å². The lowest BCUT2D eigenvalue weighted by Gasteiger charge is -2.13. The Hall–Kier alpha value is -1.81. The molecule has 0 saturated heterocycles. The van der Waals surface area contributed by atoms with Gasteiger partial charge >= 0.3 is 0 Å². The Morgan fingerprint density at radius 2 is 2.15 bits per heavy atom. The topological polar surface area (TPSA) is 26.3 Å². The van der Waals surface area contributed by atoms with Crippen molar-refractivity contribution in [3.63, 3.8) is 0 Å². The molecule has 1 atom stereocenters. The van der Waals surface area contributed by atoms with Gasteiger partial charge in [-0.15, -0.1) is 11.8 Å². The largest absolute Gasteiger partial charge is 0.492 e. The maximum Gasteiger partial charge on any atom is 0.153 e. The average Bonchev–Trinajstić information content (AvgIpc) is 2.89. The predicted molar refractivity (Wildman–Crippen MR) is 77.2 cm³/mol. The van der Waals surface area contributed by atoms with Crippen molar-refractivity contribution in [3.8, 4) is 5.75 Å². The van der Waals surface area contributed by atoms with Crippen LogP contribution in [0, 0.1) is 5.82 Å². The molecule has 2 aromatic rings. The summed E-state index contributed by atoms with van der Waals surface area (Å²) >= 11 is 1.81. The summed E-state index contributed by atoms with van der Waals surface area (Å²) in [5, 5.41) is 0. The number of carbonyl (C=O) groups is 1. The Bertz CT molecular complexity index is 642. The third kappa shape index (κ3) is 2.56. The van der Waals surface area contributed by atoms with Crippen molar-refractivity contribution in [2.24, 2.45) is 0 Å². The van der Waals surface area contributed by atoms with Crippen molar-refractivity contribution in [2.75, 3.05) is 12.4 Å². The molecular formula is C16H13FO2S. The Morgan fingerprint density at radius 3 is 3.00 bits per heavy atom. The SMILES string of the molecule is O=Cc1cc(F)ccc1OCC1CSc2ccccc21. The van der Waals surface area contributed by atoms with Crippen molar-refractivity contribution < 1.29 is 13.9 Å². The molecule has 2 aromatic carbocycles. The monoisotopic (exact) mass is 288 g/mol. The van der Waals surface area contributed by atoms with Gasteiger partial charge in [0.25, 0.3) is 0 Å². The van der Waals surface area contributed by atoms with E-state index in [1.807, 2.05) is 23.9 Å². The zero-order valence-electron chi connectivity index (χ0n) is 10.7. The highest BCUT2D eigenvalue weighted by Gasteiger charge is 2.23. The van der Waals surface area contributed by atoms with Crippen LogP contribution >= 0.6 is 11.8 Å².